The average Bonchev–Trinajstić information content (AvgIpc) is 3.05. The summed E-state index contributed by atoms with van der Waals surface area (Å²) in [7, 11) is 0. The SMILES string of the molecule is CCN(CC)c1ccc(N(CC)CC)c(-n2ccnc2)c1. The van der Waals surface area contributed by atoms with E-state index in [9.17, 15) is 0 Å². The standard InChI is InChI=1S/C17H26N4/c1-5-19(6-2)15-9-10-16(20(7-3)8-4)17(13-15)21-12-11-18-14-21/h9-14H,5-8H2,1-4H3. The molecule has 2 aromatic rings. The van der Waals surface area contributed by atoms with Crippen LogP contribution >= 0.6 is 0 Å². The largest absolute Gasteiger partial charge is 0.372 e. The van der Waals surface area contributed by atoms with Gasteiger partial charge in [-0.2, -0.15) is 0 Å². The maximum Gasteiger partial charge on any atom is 0.0992 e. The first-order valence-electron chi connectivity index (χ1n) is 7.87. The van der Waals surface area contributed by atoms with Gasteiger partial charge in [-0.25, -0.2) is 4.98 Å². The maximum atomic E-state index is 4.20. The molecule has 0 radical (unpaired) electrons. The number of imidazole rings is 1. The van der Waals surface area contributed by atoms with E-state index in [4.69, 9.17) is 0 Å². The molecular weight excluding hydrogens is 260 g/mol. The van der Waals surface area contributed by atoms with Gasteiger partial charge < -0.3 is 14.4 Å². The quantitative estimate of drug-likeness (QED) is 0.778. The third-order valence-electron chi connectivity index (χ3n) is 3.97. The highest BCUT2D eigenvalue weighted by Gasteiger charge is 2.12. The van der Waals surface area contributed by atoms with E-state index in [0.717, 1.165) is 26.2 Å². The summed E-state index contributed by atoms with van der Waals surface area (Å²) in [4.78, 5) is 8.94. The molecule has 114 valence electrons. The van der Waals surface area contributed by atoms with Crippen LogP contribution in [0.2, 0.25) is 0 Å². The zero-order valence-electron chi connectivity index (χ0n) is 13.6. The lowest BCUT2D eigenvalue weighted by atomic mass is 10.2. The highest BCUT2D eigenvalue weighted by Crippen LogP contribution is 2.29. The second-order valence-electron chi connectivity index (χ2n) is 4.99. The van der Waals surface area contributed by atoms with Gasteiger partial charge in [0.05, 0.1) is 17.7 Å². The van der Waals surface area contributed by atoms with E-state index in [1.54, 1.807) is 0 Å². The predicted octanol–water partition coefficient (Wildman–Crippen LogP) is 3.56. The molecule has 0 fully saturated rings. The molecule has 0 aliphatic carbocycles. The smallest absolute Gasteiger partial charge is 0.0992 e. The van der Waals surface area contributed by atoms with Crippen LogP contribution in [0.3, 0.4) is 0 Å². The maximum absolute atomic E-state index is 4.20. The molecule has 2 rings (SSSR count). The van der Waals surface area contributed by atoms with Gasteiger partial charge in [-0.15, -0.1) is 0 Å². The van der Waals surface area contributed by atoms with Gasteiger partial charge in [0.15, 0.2) is 0 Å². The Labute approximate surface area is 128 Å². The average molecular weight is 286 g/mol. The number of rotatable bonds is 7. The molecule has 0 saturated heterocycles. The molecule has 4 heteroatoms. The van der Waals surface area contributed by atoms with Gasteiger partial charge in [0.2, 0.25) is 0 Å². The Morgan fingerprint density at radius 3 is 2.14 bits per heavy atom. The minimum absolute atomic E-state index is 1.00. The summed E-state index contributed by atoms with van der Waals surface area (Å²) < 4.78 is 2.10. The van der Waals surface area contributed by atoms with Gasteiger partial charge in [0.1, 0.15) is 0 Å². The van der Waals surface area contributed by atoms with Crippen molar-refractivity contribution in [1.82, 2.24) is 9.55 Å². The molecule has 0 saturated carbocycles. The van der Waals surface area contributed by atoms with E-state index in [2.05, 4.69) is 65.2 Å². The Morgan fingerprint density at radius 2 is 1.62 bits per heavy atom. The Morgan fingerprint density at radius 1 is 0.952 bits per heavy atom. The summed E-state index contributed by atoms with van der Waals surface area (Å²) in [6.45, 7) is 12.8. The van der Waals surface area contributed by atoms with Gasteiger partial charge in [-0.1, -0.05) is 0 Å². The van der Waals surface area contributed by atoms with Crippen LogP contribution in [0.25, 0.3) is 5.69 Å². The summed E-state index contributed by atoms with van der Waals surface area (Å²) in [5.41, 5.74) is 3.72. The van der Waals surface area contributed by atoms with E-state index in [1.807, 2.05) is 18.7 Å². The van der Waals surface area contributed by atoms with Gasteiger partial charge in [0, 0.05) is 44.3 Å². The summed E-state index contributed by atoms with van der Waals surface area (Å²) in [6, 6.07) is 6.72. The summed E-state index contributed by atoms with van der Waals surface area (Å²) in [5, 5.41) is 0. The molecule has 1 aromatic heterocycles. The van der Waals surface area contributed by atoms with Gasteiger partial charge in [-0.05, 0) is 45.9 Å². The number of nitrogens with zero attached hydrogens (tertiary/aromatic N) is 4. The monoisotopic (exact) mass is 286 g/mol. The van der Waals surface area contributed by atoms with Crippen molar-refractivity contribution < 1.29 is 0 Å². The minimum atomic E-state index is 1.00. The summed E-state index contributed by atoms with van der Waals surface area (Å²) in [5.74, 6) is 0. The molecule has 4 nitrogen and oxygen atoms in total. The van der Waals surface area contributed by atoms with E-state index in [0.29, 0.717) is 0 Å². The highest BCUT2D eigenvalue weighted by molar-refractivity contribution is 5.69. The topological polar surface area (TPSA) is 24.3 Å². The first kappa shape index (κ1) is 15.4. The van der Waals surface area contributed by atoms with Crippen LogP contribution in [0, 0.1) is 0 Å². The van der Waals surface area contributed by atoms with Crippen molar-refractivity contribution in [3.05, 3.63) is 36.9 Å². The summed E-state index contributed by atoms with van der Waals surface area (Å²) >= 11 is 0. The lowest BCUT2D eigenvalue weighted by Crippen LogP contribution is -2.25. The van der Waals surface area contributed by atoms with E-state index in [-0.39, 0.29) is 0 Å². The fourth-order valence-electron chi connectivity index (χ4n) is 2.74. The fraction of sp³-hybridized carbons (Fsp3) is 0.471. The number of hydrogen-bond donors (Lipinski definition) is 0. The van der Waals surface area contributed by atoms with Crippen molar-refractivity contribution >= 4 is 11.4 Å². The van der Waals surface area contributed by atoms with E-state index in [1.165, 1.54) is 17.1 Å². The van der Waals surface area contributed by atoms with Crippen LogP contribution in [0.1, 0.15) is 27.7 Å². The number of anilines is 2. The van der Waals surface area contributed by atoms with Crippen molar-refractivity contribution in [1.29, 1.82) is 0 Å². The Bertz CT molecular complexity index is 540. The Kier molecular flexibility index (Phi) is 5.26. The fourth-order valence-corrected chi connectivity index (χ4v) is 2.74. The van der Waals surface area contributed by atoms with E-state index >= 15 is 0 Å². The number of aromatic nitrogens is 2. The molecule has 0 spiro atoms. The predicted molar refractivity (Wildman–Crippen MR) is 90.7 cm³/mol. The van der Waals surface area contributed by atoms with Crippen molar-refractivity contribution in [3.63, 3.8) is 0 Å². The second kappa shape index (κ2) is 7.16. The molecule has 0 unspecified atom stereocenters. The van der Waals surface area contributed by atoms with Crippen LogP contribution in [0.15, 0.2) is 36.9 Å². The molecule has 0 amide bonds. The number of hydrogen-bond acceptors (Lipinski definition) is 3. The zero-order chi connectivity index (χ0) is 15.2. The molecule has 0 aliphatic rings. The summed E-state index contributed by atoms with van der Waals surface area (Å²) in [6.07, 6.45) is 5.71. The van der Waals surface area contributed by atoms with Crippen molar-refractivity contribution in [2.75, 3.05) is 36.0 Å². The Balaban J connectivity index is 2.51. The molecule has 21 heavy (non-hydrogen) atoms. The Hall–Kier alpha value is -1.97. The van der Waals surface area contributed by atoms with Crippen LogP contribution in [-0.4, -0.2) is 35.7 Å². The zero-order valence-corrected chi connectivity index (χ0v) is 13.6. The van der Waals surface area contributed by atoms with Gasteiger partial charge in [-0.3, -0.25) is 0 Å². The molecule has 0 N–H and O–H groups in total. The first-order valence-corrected chi connectivity index (χ1v) is 7.87. The van der Waals surface area contributed by atoms with Crippen molar-refractivity contribution in [3.8, 4) is 5.69 Å². The number of benzene rings is 1. The van der Waals surface area contributed by atoms with Crippen molar-refractivity contribution in [2.45, 2.75) is 27.7 Å². The third-order valence-corrected chi connectivity index (χ3v) is 3.97. The first-order chi connectivity index (χ1) is 10.2. The molecule has 0 atom stereocenters. The van der Waals surface area contributed by atoms with Crippen LogP contribution in [0.4, 0.5) is 11.4 Å². The molecule has 1 aromatic carbocycles. The minimum Gasteiger partial charge on any atom is -0.372 e. The van der Waals surface area contributed by atoms with Gasteiger partial charge in [0.25, 0.3) is 0 Å². The van der Waals surface area contributed by atoms with E-state index < -0.39 is 0 Å². The second-order valence-corrected chi connectivity index (χ2v) is 4.99. The van der Waals surface area contributed by atoms with Gasteiger partial charge >= 0.3 is 0 Å². The molecule has 0 bridgehead atoms. The molecule has 1 heterocycles. The normalized spacial score (nSPS) is 10.7. The van der Waals surface area contributed by atoms with Crippen molar-refractivity contribution in [2.24, 2.45) is 0 Å². The van der Waals surface area contributed by atoms with Crippen LogP contribution in [0.5, 0.6) is 0 Å². The lowest BCUT2D eigenvalue weighted by Gasteiger charge is -2.27. The molecular formula is C17H26N4. The highest BCUT2D eigenvalue weighted by atomic mass is 15.2. The van der Waals surface area contributed by atoms with Crippen LogP contribution < -0.4 is 9.80 Å². The lowest BCUT2D eigenvalue weighted by molar-refractivity contribution is 0.847. The molecule has 0 aliphatic heterocycles. The third kappa shape index (κ3) is 3.20. The van der Waals surface area contributed by atoms with Crippen LogP contribution in [-0.2, 0) is 0 Å².